The van der Waals surface area contributed by atoms with Crippen LogP contribution in [0.2, 0.25) is 0 Å². The normalized spacial score (nSPS) is 22.2. The summed E-state index contributed by atoms with van der Waals surface area (Å²) in [5.41, 5.74) is 7.66. The highest BCUT2D eigenvalue weighted by Gasteiger charge is 2.40. The smallest absolute Gasteiger partial charge is 0.337 e. The second kappa shape index (κ2) is 6.34. The minimum Gasteiger partial charge on any atom is -0.430 e. The first-order chi connectivity index (χ1) is 12.6. The van der Waals surface area contributed by atoms with Crippen molar-refractivity contribution >= 4 is 17.2 Å². The van der Waals surface area contributed by atoms with Gasteiger partial charge in [0.2, 0.25) is 0 Å². The maximum Gasteiger partial charge on any atom is 0.337 e. The van der Waals surface area contributed by atoms with Crippen molar-refractivity contribution in [3.63, 3.8) is 0 Å². The SMILES string of the molecule is N=C(N)C1(c2ccccc2)C=C(N2CCOCC2)c2coc(=O)cc2N1. The minimum atomic E-state index is -1.03. The highest BCUT2D eigenvalue weighted by atomic mass is 16.5. The van der Waals surface area contributed by atoms with Crippen molar-refractivity contribution in [1.82, 2.24) is 4.90 Å². The number of hydrogen-bond acceptors (Lipinski definition) is 6. The topological polar surface area (TPSA) is 105 Å². The molecule has 134 valence electrons. The first-order valence-corrected chi connectivity index (χ1v) is 8.47. The molecule has 7 nitrogen and oxygen atoms in total. The zero-order valence-corrected chi connectivity index (χ0v) is 14.2. The maximum absolute atomic E-state index is 11.8. The Bertz CT molecular complexity index is 916. The van der Waals surface area contributed by atoms with Gasteiger partial charge in [0, 0.05) is 24.9 Å². The van der Waals surface area contributed by atoms with Crippen LogP contribution in [0.25, 0.3) is 5.70 Å². The van der Waals surface area contributed by atoms with Crippen LogP contribution in [0, 0.1) is 5.41 Å². The third-order valence-electron chi connectivity index (χ3n) is 4.81. The van der Waals surface area contributed by atoms with Gasteiger partial charge in [-0.05, 0) is 11.6 Å². The van der Waals surface area contributed by atoms with E-state index in [1.165, 1.54) is 12.3 Å². The molecule has 0 radical (unpaired) electrons. The number of morpholine rings is 1. The average Bonchev–Trinajstić information content (AvgIpc) is 2.68. The van der Waals surface area contributed by atoms with E-state index in [2.05, 4.69) is 10.2 Å². The molecule has 7 heteroatoms. The lowest BCUT2D eigenvalue weighted by Crippen LogP contribution is -2.49. The van der Waals surface area contributed by atoms with Crippen molar-refractivity contribution < 1.29 is 9.15 Å². The van der Waals surface area contributed by atoms with E-state index in [9.17, 15) is 4.79 Å². The average molecular weight is 352 g/mol. The van der Waals surface area contributed by atoms with E-state index in [0.29, 0.717) is 32.0 Å². The van der Waals surface area contributed by atoms with Gasteiger partial charge >= 0.3 is 5.63 Å². The molecular weight excluding hydrogens is 332 g/mol. The Hall–Kier alpha value is -3.06. The van der Waals surface area contributed by atoms with Crippen molar-refractivity contribution in [1.29, 1.82) is 5.41 Å². The second-order valence-corrected chi connectivity index (χ2v) is 6.37. The maximum atomic E-state index is 11.8. The lowest BCUT2D eigenvalue weighted by molar-refractivity contribution is 0.0637. The van der Waals surface area contributed by atoms with Crippen LogP contribution in [0.1, 0.15) is 11.1 Å². The number of fused-ring (bicyclic) bond motifs is 1. The van der Waals surface area contributed by atoms with Crippen LogP contribution in [0.5, 0.6) is 0 Å². The van der Waals surface area contributed by atoms with Crippen LogP contribution in [-0.4, -0.2) is 37.0 Å². The molecule has 4 rings (SSSR count). The van der Waals surface area contributed by atoms with Crippen molar-refractivity contribution in [2.75, 3.05) is 31.6 Å². The van der Waals surface area contributed by atoms with E-state index in [1.807, 2.05) is 36.4 Å². The second-order valence-electron chi connectivity index (χ2n) is 6.37. The summed E-state index contributed by atoms with van der Waals surface area (Å²) >= 11 is 0. The van der Waals surface area contributed by atoms with Gasteiger partial charge in [0.1, 0.15) is 17.6 Å². The van der Waals surface area contributed by atoms with Crippen LogP contribution >= 0.6 is 0 Å². The number of nitrogens with zero attached hydrogens (tertiary/aromatic N) is 1. The predicted octanol–water partition coefficient (Wildman–Crippen LogP) is 1.57. The molecule has 1 fully saturated rings. The van der Waals surface area contributed by atoms with Crippen molar-refractivity contribution in [3.05, 3.63) is 70.3 Å². The van der Waals surface area contributed by atoms with Crippen molar-refractivity contribution in [3.8, 4) is 0 Å². The fourth-order valence-corrected chi connectivity index (χ4v) is 3.47. The minimum absolute atomic E-state index is 0.0478. The van der Waals surface area contributed by atoms with Gasteiger partial charge < -0.3 is 25.1 Å². The predicted molar refractivity (Wildman–Crippen MR) is 99.0 cm³/mol. The number of hydrogen-bond donors (Lipinski definition) is 3. The fraction of sp³-hybridized carbons (Fsp3) is 0.263. The Morgan fingerprint density at radius 1 is 1.23 bits per heavy atom. The number of amidine groups is 1. The highest BCUT2D eigenvalue weighted by Crippen LogP contribution is 2.40. The lowest BCUT2D eigenvalue weighted by atomic mass is 9.83. The molecule has 1 unspecified atom stereocenters. The van der Waals surface area contributed by atoms with E-state index >= 15 is 0 Å². The zero-order chi connectivity index (χ0) is 18.1. The summed E-state index contributed by atoms with van der Waals surface area (Å²) in [7, 11) is 0. The number of nitrogens with two attached hydrogens (primary N) is 1. The van der Waals surface area contributed by atoms with Gasteiger partial charge in [-0.25, -0.2) is 4.79 Å². The Morgan fingerprint density at radius 2 is 1.96 bits per heavy atom. The Labute approximate surface area is 150 Å². The number of ether oxygens (including phenoxy) is 1. The van der Waals surface area contributed by atoms with Crippen LogP contribution < -0.4 is 16.7 Å². The number of rotatable bonds is 3. The first-order valence-electron chi connectivity index (χ1n) is 8.47. The van der Waals surface area contributed by atoms with Gasteiger partial charge in [-0.3, -0.25) is 5.41 Å². The molecule has 2 aromatic rings. The Morgan fingerprint density at radius 3 is 2.65 bits per heavy atom. The van der Waals surface area contributed by atoms with Crippen LogP contribution in [0.4, 0.5) is 5.69 Å². The van der Waals surface area contributed by atoms with E-state index in [-0.39, 0.29) is 5.84 Å². The summed E-state index contributed by atoms with van der Waals surface area (Å²) in [5, 5.41) is 11.6. The summed E-state index contributed by atoms with van der Waals surface area (Å²) in [6.07, 6.45) is 3.40. The molecule has 0 saturated carbocycles. The molecule has 1 atom stereocenters. The van der Waals surface area contributed by atoms with E-state index < -0.39 is 11.2 Å². The number of nitrogens with one attached hydrogen (secondary N) is 2. The van der Waals surface area contributed by atoms with Crippen molar-refractivity contribution in [2.24, 2.45) is 5.73 Å². The Kier molecular flexibility index (Phi) is 4.00. The monoisotopic (exact) mass is 352 g/mol. The summed E-state index contributed by atoms with van der Waals surface area (Å²) < 4.78 is 10.6. The summed E-state index contributed by atoms with van der Waals surface area (Å²) in [5.74, 6) is -0.0478. The quantitative estimate of drug-likeness (QED) is 0.572. The third-order valence-corrected chi connectivity index (χ3v) is 4.81. The van der Waals surface area contributed by atoms with Crippen molar-refractivity contribution in [2.45, 2.75) is 5.54 Å². The molecule has 1 aromatic carbocycles. The summed E-state index contributed by atoms with van der Waals surface area (Å²) in [6.45, 7) is 2.67. The molecule has 0 amide bonds. The van der Waals surface area contributed by atoms with Gasteiger partial charge in [-0.15, -0.1) is 0 Å². The van der Waals surface area contributed by atoms with Gasteiger partial charge in [0.25, 0.3) is 0 Å². The summed E-state index contributed by atoms with van der Waals surface area (Å²) in [4.78, 5) is 14.0. The lowest BCUT2D eigenvalue weighted by Gasteiger charge is -2.41. The third kappa shape index (κ3) is 2.66. The first kappa shape index (κ1) is 16.4. The molecule has 1 aromatic heterocycles. The number of benzene rings is 1. The van der Waals surface area contributed by atoms with Crippen LogP contribution in [0.3, 0.4) is 0 Å². The van der Waals surface area contributed by atoms with Gasteiger partial charge in [-0.2, -0.15) is 0 Å². The number of anilines is 1. The molecule has 1 saturated heterocycles. The highest BCUT2D eigenvalue weighted by molar-refractivity contribution is 5.98. The molecule has 0 bridgehead atoms. The largest absolute Gasteiger partial charge is 0.430 e. The molecule has 26 heavy (non-hydrogen) atoms. The molecule has 4 N–H and O–H groups in total. The zero-order valence-electron chi connectivity index (χ0n) is 14.2. The van der Waals surface area contributed by atoms with Gasteiger partial charge in [0.05, 0.1) is 24.5 Å². The van der Waals surface area contributed by atoms with Crippen LogP contribution in [-0.2, 0) is 10.3 Å². The van der Waals surface area contributed by atoms with E-state index in [4.69, 9.17) is 20.3 Å². The molecule has 2 aliphatic rings. The molecule has 2 aliphatic heterocycles. The van der Waals surface area contributed by atoms with E-state index in [0.717, 1.165) is 16.8 Å². The van der Waals surface area contributed by atoms with Gasteiger partial charge in [-0.1, -0.05) is 30.3 Å². The molecule has 0 aliphatic carbocycles. The fourth-order valence-electron chi connectivity index (χ4n) is 3.47. The standard InChI is InChI=1S/C19H20N4O3/c20-18(21)19(13-4-2-1-3-5-13)11-16(23-6-8-25-9-7-23)14-12-26-17(24)10-15(14)22-19/h1-5,10-12,22H,6-9H2,(H3,20,21). The van der Waals surface area contributed by atoms with E-state index in [1.54, 1.807) is 0 Å². The van der Waals surface area contributed by atoms with Crippen LogP contribution in [0.15, 0.2) is 57.9 Å². The van der Waals surface area contributed by atoms with Gasteiger partial charge in [0.15, 0.2) is 0 Å². The molecule has 0 spiro atoms. The molecular formula is C19H20N4O3. The molecule has 3 heterocycles. The Balaban J connectivity index is 1.93. The summed E-state index contributed by atoms with van der Waals surface area (Å²) in [6, 6.07) is 11.0.